The van der Waals surface area contributed by atoms with Gasteiger partial charge in [-0.15, -0.1) is 0 Å². The maximum absolute atomic E-state index is 5.64. The van der Waals surface area contributed by atoms with E-state index in [4.69, 9.17) is 4.74 Å². The summed E-state index contributed by atoms with van der Waals surface area (Å²) in [6, 6.07) is 10.3. The molecule has 0 saturated carbocycles. The van der Waals surface area contributed by atoms with Crippen LogP contribution in [0, 0.1) is 6.92 Å². The predicted octanol–water partition coefficient (Wildman–Crippen LogP) is 3.53. The molecule has 0 spiro atoms. The molecule has 122 valence electrons. The van der Waals surface area contributed by atoms with Gasteiger partial charge in [-0.2, -0.15) is 4.98 Å². The molecule has 23 heavy (non-hydrogen) atoms. The molecule has 0 radical (unpaired) electrons. The van der Waals surface area contributed by atoms with Crippen LogP contribution in [0.15, 0.2) is 36.5 Å². The fourth-order valence-corrected chi connectivity index (χ4v) is 2.84. The molecule has 2 heterocycles. The van der Waals surface area contributed by atoms with E-state index >= 15 is 0 Å². The van der Waals surface area contributed by atoms with Crippen molar-refractivity contribution >= 4 is 17.5 Å². The van der Waals surface area contributed by atoms with Crippen molar-refractivity contribution in [1.29, 1.82) is 0 Å². The topological polar surface area (TPSA) is 50.3 Å². The van der Waals surface area contributed by atoms with Gasteiger partial charge < -0.3 is 15.0 Å². The highest BCUT2D eigenvalue weighted by Gasteiger charge is 2.16. The zero-order valence-electron chi connectivity index (χ0n) is 13.8. The van der Waals surface area contributed by atoms with E-state index in [1.807, 2.05) is 6.07 Å². The first-order valence-corrected chi connectivity index (χ1v) is 8.29. The second-order valence-corrected chi connectivity index (χ2v) is 5.84. The van der Waals surface area contributed by atoms with Gasteiger partial charge in [-0.25, -0.2) is 4.98 Å². The number of hydrogen-bond acceptors (Lipinski definition) is 5. The number of hydrogen-bond donors (Lipinski definition) is 1. The number of anilines is 3. The Bertz CT molecular complexity index is 640. The number of nitrogens with zero attached hydrogens (tertiary/aromatic N) is 3. The van der Waals surface area contributed by atoms with Crippen LogP contribution in [0.2, 0.25) is 0 Å². The Kier molecular flexibility index (Phi) is 5.08. The molecular weight excluding hydrogens is 288 g/mol. The Morgan fingerprint density at radius 1 is 1.35 bits per heavy atom. The van der Waals surface area contributed by atoms with Crippen molar-refractivity contribution in [3.05, 3.63) is 42.1 Å². The van der Waals surface area contributed by atoms with E-state index in [2.05, 4.69) is 58.3 Å². The lowest BCUT2D eigenvalue weighted by Crippen LogP contribution is -2.21. The van der Waals surface area contributed by atoms with E-state index in [9.17, 15) is 0 Å². The molecule has 1 aliphatic rings. The second kappa shape index (κ2) is 7.42. The Labute approximate surface area is 137 Å². The zero-order chi connectivity index (χ0) is 16.1. The zero-order valence-corrected chi connectivity index (χ0v) is 13.8. The smallest absolute Gasteiger partial charge is 0.231 e. The number of aromatic nitrogens is 2. The molecule has 5 nitrogen and oxygen atoms in total. The lowest BCUT2D eigenvalue weighted by Gasteiger charge is -2.22. The fraction of sp³-hybridized carbons (Fsp3) is 0.444. The SMILES string of the molecule is CCN(c1cccc(C)c1)c1nccc(NCC2CCCO2)n1. The van der Waals surface area contributed by atoms with Gasteiger partial charge in [0.05, 0.1) is 6.10 Å². The van der Waals surface area contributed by atoms with E-state index in [1.165, 1.54) is 5.56 Å². The summed E-state index contributed by atoms with van der Waals surface area (Å²) in [5.74, 6) is 1.56. The van der Waals surface area contributed by atoms with Gasteiger partial charge >= 0.3 is 0 Å². The maximum atomic E-state index is 5.64. The van der Waals surface area contributed by atoms with Crippen molar-refractivity contribution in [1.82, 2.24) is 9.97 Å². The lowest BCUT2D eigenvalue weighted by molar-refractivity contribution is 0.120. The van der Waals surface area contributed by atoms with Crippen LogP contribution < -0.4 is 10.2 Å². The number of rotatable bonds is 6. The summed E-state index contributed by atoms with van der Waals surface area (Å²) < 4.78 is 5.64. The van der Waals surface area contributed by atoms with Gasteiger partial charge in [-0.05, 0) is 50.5 Å². The highest BCUT2D eigenvalue weighted by Crippen LogP contribution is 2.23. The first-order chi connectivity index (χ1) is 11.3. The van der Waals surface area contributed by atoms with E-state index in [0.29, 0.717) is 6.10 Å². The summed E-state index contributed by atoms with van der Waals surface area (Å²) in [7, 11) is 0. The molecule has 1 aliphatic heterocycles. The average molecular weight is 312 g/mol. The largest absolute Gasteiger partial charge is 0.376 e. The second-order valence-electron chi connectivity index (χ2n) is 5.84. The minimum absolute atomic E-state index is 0.299. The van der Waals surface area contributed by atoms with Gasteiger partial charge in [0.25, 0.3) is 0 Å². The summed E-state index contributed by atoms with van der Waals surface area (Å²) >= 11 is 0. The third-order valence-corrected chi connectivity index (χ3v) is 4.05. The van der Waals surface area contributed by atoms with Gasteiger partial charge in [0.2, 0.25) is 5.95 Å². The molecule has 1 N–H and O–H groups in total. The van der Waals surface area contributed by atoms with E-state index < -0.39 is 0 Å². The molecule has 3 rings (SSSR count). The van der Waals surface area contributed by atoms with E-state index in [0.717, 1.165) is 50.0 Å². The normalized spacial score (nSPS) is 17.2. The lowest BCUT2D eigenvalue weighted by atomic mass is 10.2. The summed E-state index contributed by atoms with van der Waals surface area (Å²) in [4.78, 5) is 11.2. The number of nitrogens with one attached hydrogen (secondary N) is 1. The van der Waals surface area contributed by atoms with Crippen molar-refractivity contribution in [2.45, 2.75) is 32.8 Å². The molecule has 1 unspecified atom stereocenters. The first-order valence-electron chi connectivity index (χ1n) is 8.29. The molecule has 1 saturated heterocycles. The molecular formula is C18H24N4O. The highest BCUT2D eigenvalue weighted by molar-refractivity contribution is 5.59. The molecule has 1 fully saturated rings. The molecule has 2 aromatic rings. The van der Waals surface area contributed by atoms with Gasteiger partial charge in [0.1, 0.15) is 5.82 Å². The molecule has 1 aromatic heterocycles. The predicted molar refractivity (Wildman–Crippen MR) is 93.4 cm³/mol. The standard InChI is InChI=1S/C18H24N4O/c1-3-22(15-7-4-6-14(2)12-15)18-19-10-9-17(21-18)20-13-16-8-5-11-23-16/h4,6-7,9-10,12,16H,3,5,8,11,13H2,1-2H3,(H,19,20,21). The Morgan fingerprint density at radius 3 is 3.00 bits per heavy atom. The first kappa shape index (κ1) is 15.7. The van der Waals surface area contributed by atoms with Crippen LogP contribution in [0.5, 0.6) is 0 Å². The van der Waals surface area contributed by atoms with Crippen molar-refractivity contribution < 1.29 is 4.74 Å². The molecule has 0 aliphatic carbocycles. The van der Waals surface area contributed by atoms with Crippen LogP contribution >= 0.6 is 0 Å². The maximum Gasteiger partial charge on any atom is 0.231 e. The summed E-state index contributed by atoms with van der Waals surface area (Å²) in [6.45, 7) is 6.69. The van der Waals surface area contributed by atoms with Crippen LogP contribution in [0.4, 0.5) is 17.5 Å². The van der Waals surface area contributed by atoms with Crippen molar-refractivity contribution in [2.24, 2.45) is 0 Å². The average Bonchev–Trinajstić information content (AvgIpc) is 3.08. The van der Waals surface area contributed by atoms with Gasteiger partial charge in [-0.1, -0.05) is 12.1 Å². The van der Waals surface area contributed by atoms with Crippen molar-refractivity contribution in [2.75, 3.05) is 29.9 Å². The van der Waals surface area contributed by atoms with E-state index in [-0.39, 0.29) is 0 Å². The quantitative estimate of drug-likeness (QED) is 0.884. The van der Waals surface area contributed by atoms with Gasteiger partial charge in [-0.3, -0.25) is 0 Å². The highest BCUT2D eigenvalue weighted by atomic mass is 16.5. The minimum atomic E-state index is 0.299. The van der Waals surface area contributed by atoms with Crippen LogP contribution in [-0.4, -0.2) is 35.8 Å². The summed E-state index contributed by atoms with van der Waals surface area (Å²) in [6.07, 6.45) is 4.37. The third kappa shape index (κ3) is 3.99. The van der Waals surface area contributed by atoms with Gasteiger partial charge in [0, 0.05) is 31.6 Å². The Balaban J connectivity index is 1.74. The molecule has 1 aromatic carbocycles. The van der Waals surface area contributed by atoms with Crippen LogP contribution in [0.1, 0.15) is 25.3 Å². The molecule has 5 heteroatoms. The number of aryl methyl sites for hydroxylation is 1. The molecule has 0 amide bonds. The third-order valence-electron chi connectivity index (χ3n) is 4.05. The number of ether oxygens (including phenoxy) is 1. The van der Waals surface area contributed by atoms with E-state index in [1.54, 1.807) is 6.20 Å². The Morgan fingerprint density at radius 2 is 2.26 bits per heavy atom. The summed E-state index contributed by atoms with van der Waals surface area (Å²) in [5, 5.41) is 3.37. The van der Waals surface area contributed by atoms with Crippen LogP contribution in [0.3, 0.4) is 0 Å². The minimum Gasteiger partial charge on any atom is -0.376 e. The number of benzene rings is 1. The van der Waals surface area contributed by atoms with Gasteiger partial charge in [0.15, 0.2) is 0 Å². The van der Waals surface area contributed by atoms with Crippen molar-refractivity contribution in [3.8, 4) is 0 Å². The molecule has 1 atom stereocenters. The van der Waals surface area contributed by atoms with Crippen LogP contribution in [-0.2, 0) is 4.74 Å². The fourth-order valence-electron chi connectivity index (χ4n) is 2.84. The molecule has 0 bridgehead atoms. The van der Waals surface area contributed by atoms with Crippen LogP contribution in [0.25, 0.3) is 0 Å². The van der Waals surface area contributed by atoms with Crippen molar-refractivity contribution in [3.63, 3.8) is 0 Å². The monoisotopic (exact) mass is 312 g/mol. The Hall–Kier alpha value is -2.14. The summed E-state index contributed by atoms with van der Waals surface area (Å²) in [5.41, 5.74) is 2.34.